The number of rotatable bonds is 1. The molecule has 0 saturated carbocycles. The average Bonchev–Trinajstić information content (AvgIpc) is 3.08. The lowest BCUT2D eigenvalue weighted by molar-refractivity contribution is 0.0988. The summed E-state index contributed by atoms with van der Waals surface area (Å²) in [5, 5.41) is 1.98. The first-order valence-corrected chi connectivity index (χ1v) is 8.11. The lowest BCUT2D eigenvalue weighted by Crippen LogP contribution is -2.31. The molecule has 1 aliphatic rings. The molecule has 1 aliphatic heterocycles. The second-order valence-electron chi connectivity index (χ2n) is 5.38. The normalized spacial score (nSPS) is 14.9. The van der Waals surface area contributed by atoms with Crippen molar-refractivity contribution in [2.24, 2.45) is 0 Å². The van der Waals surface area contributed by atoms with E-state index in [-0.39, 0.29) is 5.91 Å². The number of thiazole rings is 1. The molecule has 1 N–H and O–H groups in total. The largest absolute Gasteiger partial charge is 0.343 e. The molecular weight excluding hydrogens is 298 g/mol. The van der Waals surface area contributed by atoms with Crippen LogP contribution in [0.3, 0.4) is 0 Å². The van der Waals surface area contributed by atoms with Gasteiger partial charge in [-0.25, -0.2) is 9.97 Å². The van der Waals surface area contributed by atoms with E-state index < -0.39 is 0 Å². The van der Waals surface area contributed by atoms with Crippen molar-refractivity contribution in [1.29, 1.82) is 0 Å². The summed E-state index contributed by atoms with van der Waals surface area (Å²) in [7, 11) is 0. The number of aromatic amines is 1. The van der Waals surface area contributed by atoms with E-state index in [4.69, 9.17) is 0 Å². The summed E-state index contributed by atoms with van der Waals surface area (Å²) >= 11 is 1.59. The average molecular weight is 313 g/mol. The third-order valence-corrected chi connectivity index (χ3v) is 4.92. The quantitative estimate of drug-likeness (QED) is 0.749. The number of aryl methyl sites for hydroxylation is 2. The van der Waals surface area contributed by atoms with Crippen molar-refractivity contribution in [2.75, 3.05) is 11.4 Å². The molecule has 6 nitrogen and oxygen atoms in total. The number of anilines is 1. The van der Waals surface area contributed by atoms with Crippen LogP contribution in [0.5, 0.6) is 0 Å². The smallest absolute Gasteiger partial charge is 0.262 e. The van der Waals surface area contributed by atoms with Crippen LogP contribution in [0.15, 0.2) is 18.7 Å². The predicted octanol–water partition coefficient (Wildman–Crippen LogP) is 2.71. The van der Waals surface area contributed by atoms with E-state index in [2.05, 4.69) is 19.9 Å². The molecule has 4 heterocycles. The molecule has 0 radical (unpaired) electrons. The van der Waals surface area contributed by atoms with Crippen LogP contribution in [-0.4, -0.2) is 32.4 Å². The van der Waals surface area contributed by atoms with Crippen LogP contribution in [0.25, 0.3) is 11.0 Å². The van der Waals surface area contributed by atoms with Crippen LogP contribution < -0.4 is 4.90 Å². The highest BCUT2D eigenvalue weighted by molar-refractivity contribution is 7.16. The Bertz CT molecular complexity index is 853. The molecule has 7 heteroatoms. The van der Waals surface area contributed by atoms with Gasteiger partial charge in [0.2, 0.25) is 0 Å². The Kier molecular flexibility index (Phi) is 3.15. The van der Waals surface area contributed by atoms with Gasteiger partial charge in [0, 0.05) is 12.7 Å². The van der Waals surface area contributed by atoms with E-state index in [9.17, 15) is 4.79 Å². The fourth-order valence-electron chi connectivity index (χ4n) is 2.86. The first-order chi connectivity index (χ1) is 10.7. The van der Waals surface area contributed by atoms with Gasteiger partial charge in [0.05, 0.1) is 34.3 Å². The number of hydrogen-bond acceptors (Lipinski definition) is 5. The molecule has 0 saturated heterocycles. The van der Waals surface area contributed by atoms with Crippen molar-refractivity contribution in [1.82, 2.24) is 19.9 Å². The van der Waals surface area contributed by atoms with E-state index in [1.807, 2.05) is 11.8 Å². The van der Waals surface area contributed by atoms with Crippen LogP contribution in [0.4, 0.5) is 5.00 Å². The number of pyridine rings is 1. The van der Waals surface area contributed by atoms with E-state index in [1.165, 1.54) is 0 Å². The topological polar surface area (TPSA) is 74.8 Å². The fraction of sp³-hybridized carbons (Fsp3) is 0.333. The van der Waals surface area contributed by atoms with E-state index >= 15 is 0 Å². The third-order valence-electron chi connectivity index (χ3n) is 3.88. The van der Waals surface area contributed by atoms with Gasteiger partial charge in [0.25, 0.3) is 5.91 Å². The second-order valence-corrected chi connectivity index (χ2v) is 6.57. The molecule has 3 aromatic heterocycles. The lowest BCUT2D eigenvalue weighted by atomic mass is 10.2. The molecule has 0 fully saturated rings. The number of aromatic nitrogens is 4. The Labute approximate surface area is 131 Å². The van der Waals surface area contributed by atoms with Gasteiger partial charge in [-0.1, -0.05) is 0 Å². The molecular formula is C15H15N5OS. The summed E-state index contributed by atoms with van der Waals surface area (Å²) < 4.78 is 0. The van der Waals surface area contributed by atoms with E-state index in [1.54, 1.807) is 30.1 Å². The Morgan fingerprint density at radius 2 is 2.27 bits per heavy atom. The summed E-state index contributed by atoms with van der Waals surface area (Å²) in [6.45, 7) is 2.70. The Balaban J connectivity index is 1.81. The maximum Gasteiger partial charge on any atom is 0.262 e. The van der Waals surface area contributed by atoms with Gasteiger partial charge in [0.1, 0.15) is 10.5 Å². The third kappa shape index (κ3) is 2.09. The van der Waals surface area contributed by atoms with Gasteiger partial charge < -0.3 is 4.98 Å². The number of amides is 1. The number of carbonyl (C=O) groups is 1. The minimum absolute atomic E-state index is 0.0444. The maximum atomic E-state index is 13.0. The van der Waals surface area contributed by atoms with Gasteiger partial charge in [-0.15, -0.1) is 11.3 Å². The summed E-state index contributed by atoms with van der Waals surface area (Å²) in [5.74, 6) is -0.0444. The highest BCUT2D eigenvalue weighted by Gasteiger charge is 2.27. The molecule has 4 rings (SSSR count). The van der Waals surface area contributed by atoms with Crippen molar-refractivity contribution in [3.63, 3.8) is 0 Å². The first-order valence-electron chi connectivity index (χ1n) is 7.29. The number of nitrogens with one attached hydrogen (secondary N) is 1. The number of nitrogens with zero attached hydrogens (tertiary/aromatic N) is 4. The van der Waals surface area contributed by atoms with Gasteiger partial charge in [-0.05, 0) is 26.2 Å². The molecule has 0 spiro atoms. The summed E-state index contributed by atoms with van der Waals surface area (Å²) in [4.78, 5) is 30.9. The highest BCUT2D eigenvalue weighted by atomic mass is 32.1. The Morgan fingerprint density at radius 3 is 3.18 bits per heavy atom. The van der Waals surface area contributed by atoms with Crippen molar-refractivity contribution >= 4 is 33.3 Å². The summed E-state index contributed by atoms with van der Waals surface area (Å²) in [5.41, 5.74) is 3.03. The number of fused-ring (bicyclic) bond motifs is 2. The minimum Gasteiger partial charge on any atom is -0.343 e. The van der Waals surface area contributed by atoms with Gasteiger partial charge in [-0.3, -0.25) is 14.7 Å². The molecule has 0 unspecified atom stereocenters. The van der Waals surface area contributed by atoms with Gasteiger partial charge in [0.15, 0.2) is 0 Å². The van der Waals surface area contributed by atoms with Crippen LogP contribution in [0.1, 0.15) is 33.9 Å². The predicted molar refractivity (Wildman–Crippen MR) is 85.4 cm³/mol. The van der Waals surface area contributed by atoms with Crippen molar-refractivity contribution in [3.05, 3.63) is 35.0 Å². The van der Waals surface area contributed by atoms with Crippen molar-refractivity contribution < 1.29 is 4.79 Å². The van der Waals surface area contributed by atoms with Gasteiger partial charge in [-0.2, -0.15) is 0 Å². The summed E-state index contributed by atoms with van der Waals surface area (Å²) in [6.07, 6.45) is 7.86. The molecule has 0 aromatic carbocycles. The van der Waals surface area contributed by atoms with Gasteiger partial charge >= 0.3 is 0 Å². The fourth-order valence-corrected chi connectivity index (χ4v) is 3.84. The molecule has 22 heavy (non-hydrogen) atoms. The van der Waals surface area contributed by atoms with Crippen molar-refractivity contribution in [2.45, 2.75) is 26.2 Å². The van der Waals surface area contributed by atoms with E-state index in [0.29, 0.717) is 17.6 Å². The molecule has 0 aliphatic carbocycles. The standard InChI is InChI=1S/C15H15N5OS/c1-9-19-11-4-2-3-5-20(15(11)22-9)14(21)10-6-16-7-12-13(10)18-8-17-12/h6-8H,2-5H2,1H3,(H,17,18). The number of carbonyl (C=O) groups excluding carboxylic acids is 1. The molecule has 0 bridgehead atoms. The van der Waals surface area contributed by atoms with Crippen molar-refractivity contribution in [3.8, 4) is 0 Å². The lowest BCUT2D eigenvalue weighted by Gasteiger charge is -2.19. The van der Waals surface area contributed by atoms with Crippen LogP contribution in [0, 0.1) is 6.92 Å². The first kappa shape index (κ1) is 13.4. The monoisotopic (exact) mass is 313 g/mol. The zero-order valence-corrected chi connectivity index (χ0v) is 13.0. The Hall–Kier alpha value is -2.28. The molecule has 112 valence electrons. The van der Waals surface area contributed by atoms with Crippen LogP contribution >= 0.6 is 11.3 Å². The SMILES string of the molecule is Cc1nc2c(s1)N(C(=O)c1cncc3[nH]cnc13)CCCC2. The minimum atomic E-state index is -0.0444. The molecule has 3 aromatic rings. The molecule has 0 atom stereocenters. The number of H-pyrrole nitrogens is 1. The van der Waals surface area contributed by atoms with E-state index in [0.717, 1.165) is 40.5 Å². The van der Waals surface area contributed by atoms with Crippen LogP contribution in [0.2, 0.25) is 0 Å². The highest BCUT2D eigenvalue weighted by Crippen LogP contribution is 2.33. The number of imidazole rings is 1. The summed E-state index contributed by atoms with van der Waals surface area (Å²) in [6, 6.07) is 0. The zero-order chi connectivity index (χ0) is 15.1. The Morgan fingerprint density at radius 1 is 1.36 bits per heavy atom. The van der Waals surface area contributed by atoms with Crippen LogP contribution in [-0.2, 0) is 6.42 Å². The number of hydrogen-bond donors (Lipinski definition) is 1. The second kappa shape index (κ2) is 5.17. The maximum absolute atomic E-state index is 13.0. The zero-order valence-electron chi connectivity index (χ0n) is 12.2. The molecule has 1 amide bonds.